The predicted octanol–water partition coefficient (Wildman–Crippen LogP) is 11.1. The molecule has 0 fully saturated rings. The van der Waals surface area contributed by atoms with Crippen LogP contribution in [0.1, 0.15) is 68.0 Å². The van der Waals surface area contributed by atoms with Gasteiger partial charge in [0, 0.05) is 61.4 Å². The van der Waals surface area contributed by atoms with Gasteiger partial charge in [-0.2, -0.15) is 12.1 Å². The largest absolute Gasteiger partial charge is 0.509 e. The molecule has 0 radical (unpaired) electrons. The van der Waals surface area contributed by atoms with Crippen LogP contribution in [0, 0.1) is 53.4 Å². The number of fused-ring (bicyclic) bond motifs is 3. The summed E-state index contributed by atoms with van der Waals surface area (Å²) in [5.74, 6) is 2.12. The third kappa shape index (κ3) is 5.86. The Labute approximate surface area is 305 Å². The maximum Gasteiger partial charge on any atom is 0.135 e. The Morgan fingerprint density at radius 3 is 2.04 bits per heavy atom. The van der Waals surface area contributed by atoms with Gasteiger partial charge in [0.25, 0.3) is 0 Å². The first kappa shape index (κ1) is 34.5. The van der Waals surface area contributed by atoms with Crippen LogP contribution in [-0.2, 0) is 26.5 Å². The van der Waals surface area contributed by atoms with Gasteiger partial charge in [-0.1, -0.05) is 44.5 Å². The molecule has 0 aliphatic carbocycles. The van der Waals surface area contributed by atoms with Crippen molar-refractivity contribution in [2.75, 3.05) is 9.80 Å². The normalized spacial score (nSPS) is 13.5. The number of aromatic nitrogens is 2. The van der Waals surface area contributed by atoms with Crippen LogP contribution < -0.4 is 14.5 Å². The van der Waals surface area contributed by atoms with E-state index in [0.717, 1.165) is 39.0 Å². The zero-order valence-electron chi connectivity index (χ0n) is 30.0. The van der Waals surface area contributed by atoms with E-state index in [-0.39, 0.29) is 26.5 Å². The van der Waals surface area contributed by atoms with Crippen molar-refractivity contribution >= 4 is 33.2 Å². The molecule has 0 N–H and O–H groups in total. The minimum absolute atomic E-state index is 0. The summed E-state index contributed by atoms with van der Waals surface area (Å²) in [6.45, 7) is 24.3. The summed E-state index contributed by atoms with van der Waals surface area (Å²) in [6.07, 6.45) is 1.90. The summed E-state index contributed by atoms with van der Waals surface area (Å²) >= 11 is 0. The Hall–Kier alpha value is -4.34. The van der Waals surface area contributed by atoms with E-state index in [1.165, 1.54) is 44.8 Å². The summed E-state index contributed by atoms with van der Waals surface area (Å²) in [6, 6.07) is 30.0. The molecule has 0 spiro atoms. The number of hydrogen-bond donors (Lipinski definition) is 0. The smallest absolute Gasteiger partial charge is 0.135 e. The first-order valence-corrected chi connectivity index (χ1v) is 16.7. The Morgan fingerprint density at radius 2 is 1.33 bits per heavy atom. The average molecular weight is 827 g/mol. The first-order chi connectivity index (χ1) is 22.8. The van der Waals surface area contributed by atoms with Crippen molar-refractivity contribution in [2.24, 2.45) is 0 Å². The van der Waals surface area contributed by atoms with E-state index in [1.54, 1.807) is 0 Å². The van der Waals surface area contributed by atoms with Gasteiger partial charge in [0.2, 0.25) is 0 Å². The van der Waals surface area contributed by atoms with Gasteiger partial charge in [-0.05, 0) is 111 Å². The average Bonchev–Trinajstić information content (AvgIpc) is 3.56. The molecule has 1 aliphatic rings. The van der Waals surface area contributed by atoms with Gasteiger partial charge < -0.3 is 19.1 Å². The maximum absolute atomic E-state index is 6.49. The van der Waals surface area contributed by atoms with E-state index < -0.39 is 0 Å². The molecule has 0 saturated carbocycles. The van der Waals surface area contributed by atoms with Crippen LogP contribution >= 0.6 is 0 Å². The Balaban J connectivity index is 0.00000417. The van der Waals surface area contributed by atoms with Crippen molar-refractivity contribution in [3.63, 3.8) is 0 Å². The number of anilines is 2. The molecule has 49 heavy (non-hydrogen) atoms. The van der Waals surface area contributed by atoms with Crippen molar-refractivity contribution < 1.29 is 25.8 Å². The van der Waals surface area contributed by atoms with Crippen LogP contribution in [0.2, 0.25) is 0 Å². The molecular formula is C43H43N4OPt-3. The molecule has 6 aromatic rings. The molecule has 0 saturated heterocycles. The van der Waals surface area contributed by atoms with E-state index in [1.807, 2.05) is 24.4 Å². The molecule has 2 aromatic heterocycles. The molecular weight excluding hydrogens is 784 g/mol. The summed E-state index contributed by atoms with van der Waals surface area (Å²) in [5, 5.41) is 2.26. The molecule has 7 rings (SSSR count). The van der Waals surface area contributed by atoms with Crippen molar-refractivity contribution in [3.05, 3.63) is 137 Å². The van der Waals surface area contributed by atoms with E-state index in [4.69, 9.17) is 9.72 Å². The van der Waals surface area contributed by atoms with E-state index >= 15 is 0 Å². The number of hydrogen-bond acceptors (Lipinski definition) is 4. The van der Waals surface area contributed by atoms with Gasteiger partial charge >= 0.3 is 0 Å². The zero-order chi connectivity index (χ0) is 34.1. The van der Waals surface area contributed by atoms with Crippen molar-refractivity contribution in [2.45, 2.75) is 74.7 Å². The molecule has 3 heterocycles. The minimum atomic E-state index is 0. The molecule has 5 nitrogen and oxygen atoms in total. The first-order valence-electron chi connectivity index (χ1n) is 16.7. The van der Waals surface area contributed by atoms with Gasteiger partial charge in [0.05, 0.1) is 0 Å². The summed E-state index contributed by atoms with van der Waals surface area (Å²) in [4.78, 5) is 9.33. The number of benzene rings is 4. The number of nitrogens with zero attached hydrogens (tertiary/aromatic N) is 4. The fraction of sp³-hybridized carbons (Fsp3) is 0.256. The van der Waals surface area contributed by atoms with Crippen LogP contribution in [-0.4, -0.2) is 9.55 Å². The molecule has 1 aliphatic heterocycles. The quantitative estimate of drug-likeness (QED) is 0.162. The predicted molar refractivity (Wildman–Crippen MR) is 199 cm³/mol. The number of rotatable bonds is 5. The van der Waals surface area contributed by atoms with Gasteiger partial charge in [0.1, 0.15) is 5.82 Å². The fourth-order valence-electron chi connectivity index (χ4n) is 6.88. The Kier molecular flexibility index (Phi) is 9.05. The van der Waals surface area contributed by atoms with Crippen LogP contribution in [0.5, 0.6) is 11.5 Å². The molecule has 4 aromatic carbocycles. The number of ether oxygens (including phenoxy) is 1. The van der Waals surface area contributed by atoms with Crippen LogP contribution in [0.4, 0.5) is 11.4 Å². The zero-order valence-corrected chi connectivity index (χ0v) is 32.3. The van der Waals surface area contributed by atoms with E-state index in [2.05, 4.69) is 151 Å². The molecule has 0 amide bonds. The standard InChI is InChI=1S/C43H43N4O.Pt/c1-26-27(2)29(4)42(30(5)28(26)3)46-25-45(31(6)32(46)7)34-14-13-15-35(23-34)48-36-18-19-38-37-16-11-12-17-39(37)47(40(38)24-36)41-22-33(20-21-44-41)43(8,9)10;/h11-22,25H,1-10H3;/q-3;. The van der Waals surface area contributed by atoms with Gasteiger partial charge in [-0.25, -0.2) is 4.98 Å². The number of allylic oxidation sites excluding steroid dienone is 2. The molecule has 0 atom stereocenters. The monoisotopic (exact) mass is 826 g/mol. The second kappa shape index (κ2) is 12.8. The van der Waals surface area contributed by atoms with Crippen LogP contribution in [0.3, 0.4) is 0 Å². The third-order valence-corrected chi connectivity index (χ3v) is 10.3. The number of para-hydroxylation sites is 1. The van der Waals surface area contributed by atoms with Crippen molar-refractivity contribution in [3.8, 4) is 17.3 Å². The SMILES string of the molecule is CC1=C(C)N(c2c(C)c(C)c(C)c(C)c2C)[CH-]N1c1[c-]c(Oc2[c-]c3c(cc2)c2ccccc2n3-c2cc(C(C)(C)C)ccn2)ccc1.[Pt]. The van der Waals surface area contributed by atoms with Crippen molar-refractivity contribution in [1.29, 1.82) is 0 Å². The Bertz CT molecular complexity index is 2240. The minimum Gasteiger partial charge on any atom is -0.509 e. The van der Waals surface area contributed by atoms with E-state index in [0.29, 0.717) is 11.5 Å². The third-order valence-electron chi connectivity index (χ3n) is 10.3. The maximum atomic E-state index is 6.49. The topological polar surface area (TPSA) is 33.5 Å². The molecule has 254 valence electrons. The molecule has 0 unspecified atom stereocenters. The number of pyridine rings is 1. The van der Waals surface area contributed by atoms with Crippen molar-refractivity contribution in [1.82, 2.24) is 9.55 Å². The molecule has 0 bridgehead atoms. The second-order valence-corrected chi connectivity index (χ2v) is 14.1. The summed E-state index contributed by atoms with van der Waals surface area (Å²) < 4.78 is 8.68. The fourth-order valence-corrected chi connectivity index (χ4v) is 6.88. The van der Waals surface area contributed by atoms with Gasteiger partial charge in [0.15, 0.2) is 0 Å². The van der Waals surface area contributed by atoms with Crippen LogP contribution in [0.25, 0.3) is 27.6 Å². The van der Waals surface area contributed by atoms with Crippen LogP contribution in [0.15, 0.2) is 84.3 Å². The van der Waals surface area contributed by atoms with Gasteiger partial charge in [-0.3, -0.25) is 0 Å². The van der Waals surface area contributed by atoms with Gasteiger partial charge in [-0.15, -0.1) is 48.1 Å². The molecule has 6 heteroatoms. The van der Waals surface area contributed by atoms with E-state index in [9.17, 15) is 0 Å². The summed E-state index contributed by atoms with van der Waals surface area (Å²) in [7, 11) is 0. The summed E-state index contributed by atoms with van der Waals surface area (Å²) in [5.41, 5.74) is 14.4. The Morgan fingerprint density at radius 1 is 0.673 bits per heavy atom. The second-order valence-electron chi connectivity index (χ2n) is 14.1.